The number of aliphatic hydroxyl groups excluding tert-OH is 1. The van der Waals surface area contributed by atoms with Crippen LogP contribution in [0.2, 0.25) is 0 Å². The largest absolute Gasteiger partial charge is 0.493 e. The third kappa shape index (κ3) is 5.01. The average Bonchev–Trinajstić information content (AvgIpc) is 3.01. The molecule has 1 aromatic heterocycles. The number of hydrogen-bond acceptors (Lipinski definition) is 4. The van der Waals surface area contributed by atoms with Gasteiger partial charge in [-0.15, -0.1) is 0 Å². The predicted molar refractivity (Wildman–Crippen MR) is 115 cm³/mol. The number of benzene rings is 2. The zero-order valence-corrected chi connectivity index (χ0v) is 17.4. The van der Waals surface area contributed by atoms with Crippen LogP contribution in [0, 0.1) is 0 Å². The van der Waals surface area contributed by atoms with Crippen molar-refractivity contribution < 1.29 is 19.1 Å². The molecule has 6 nitrogen and oxygen atoms in total. The van der Waals surface area contributed by atoms with Crippen LogP contribution in [0.1, 0.15) is 32.6 Å². The lowest BCUT2D eigenvalue weighted by molar-refractivity contribution is -0.665. The molecule has 0 saturated carbocycles. The summed E-state index contributed by atoms with van der Waals surface area (Å²) in [6.07, 6.45) is 4.03. The Morgan fingerprint density at radius 1 is 1.03 bits per heavy atom. The summed E-state index contributed by atoms with van der Waals surface area (Å²) < 4.78 is 15.2. The summed E-state index contributed by atoms with van der Waals surface area (Å²) in [5.41, 5.74) is 8.61. The minimum absolute atomic E-state index is 0.156. The van der Waals surface area contributed by atoms with E-state index >= 15 is 0 Å². The number of hydrogen-bond donors (Lipinski definition) is 2. The summed E-state index contributed by atoms with van der Waals surface area (Å²) in [7, 11) is 1.60. The molecule has 1 heterocycles. The van der Waals surface area contributed by atoms with E-state index in [1.807, 2.05) is 47.0 Å². The van der Waals surface area contributed by atoms with Crippen molar-refractivity contribution in [3.05, 3.63) is 48.5 Å². The van der Waals surface area contributed by atoms with Crippen molar-refractivity contribution in [2.75, 3.05) is 19.5 Å². The third-order valence-corrected chi connectivity index (χ3v) is 5.15. The number of imidazole rings is 1. The number of aromatic nitrogens is 2. The second-order valence-corrected chi connectivity index (χ2v) is 7.29. The standard InChI is InChI=1S/C23H31N3O3/c1-3-4-5-10-15-25-19-11-6-7-12-20(19)26(23(25)24)16-18(27)17-29-22-14-9-8-13-21(22)28-2/h6-9,11-14,18,24,27H,3-5,10,15-17H2,1-2H3/p+1/t18-/m0/s1. The third-order valence-electron chi connectivity index (χ3n) is 5.15. The smallest absolute Gasteiger partial charge is 0.356 e. The number of aryl methyl sites for hydroxylation is 1. The average molecular weight is 399 g/mol. The topological polar surface area (TPSA) is 73.5 Å². The van der Waals surface area contributed by atoms with Gasteiger partial charge in [0.25, 0.3) is 0 Å². The molecule has 0 unspecified atom stereocenters. The lowest BCUT2D eigenvalue weighted by atomic mass is 10.2. The molecule has 29 heavy (non-hydrogen) atoms. The van der Waals surface area contributed by atoms with Gasteiger partial charge in [0, 0.05) is 0 Å². The number of methoxy groups -OCH3 is 1. The first-order valence-corrected chi connectivity index (χ1v) is 10.4. The monoisotopic (exact) mass is 398 g/mol. The maximum absolute atomic E-state index is 10.6. The maximum Gasteiger partial charge on any atom is 0.356 e. The summed E-state index contributed by atoms with van der Waals surface area (Å²) in [6, 6.07) is 15.6. The highest BCUT2D eigenvalue weighted by atomic mass is 16.5. The van der Waals surface area contributed by atoms with Gasteiger partial charge in [0.1, 0.15) is 30.3 Å². The van der Waals surface area contributed by atoms with Gasteiger partial charge in [-0.2, -0.15) is 0 Å². The number of aliphatic hydroxyl groups is 1. The van der Waals surface area contributed by atoms with Crippen LogP contribution in [0.5, 0.6) is 11.5 Å². The Morgan fingerprint density at radius 2 is 1.76 bits per heavy atom. The van der Waals surface area contributed by atoms with Crippen LogP contribution >= 0.6 is 0 Å². The molecule has 3 aromatic rings. The summed E-state index contributed by atoms with van der Waals surface area (Å²) in [5, 5.41) is 10.6. The number of anilines is 1. The van der Waals surface area contributed by atoms with Crippen LogP contribution in [0.25, 0.3) is 11.0 Å². The zero-order valence-electron chi connectivity index (χ0n) is 17.4. The molecule has 2 aromatic carbocycles. The predicted octanol–water partition coefficient (Wildman–Crippen LogP) is 3.54. The highest BCUT2D eigenvalue weighted by molar-refractivity contribution is 5.73. The van der Waals surface area contributed by atoms with E-state index in [0.29, 0.717) is 24.0 Å². The number of rotatable bonds is 11. The summed E-state index contributed by atoms with van der Waals surface area (Å²) in [6.45, 7) is 3.61. The Balaban J connectivity index is 1.72. The first-order valence-electron chi connectivity index (χ1n) is 10.4. The van der Waals surface area contributed by atoms with Gasteiger partial charge in [-0.05, 0) is 30.7 Å². The molecule has 1 atom stereocenters. The minimum atomic E-state index is -0.702. The van der Waals surface area contributed by atoms with E-state index in [1.54, 1.807) is 7.11 Å². The highest BCUT2D eigenvalue weighted by Gasteiger charge is 2.23. The maximum atomic E-state index is 10.6. The number of ether oxygens (including phenoxy) is 2. The van der Waals surface area contributed by atoms with Gasteiger partial charge in [0.15, 0.2) is 11.5 Å². The molecule has 0 aliphatic heterocycles. The molecule has 3 N–H and O–H groups in total. The van der Waals surface area contributed by atoms with Crippen LogP contribution < -0.4 is 19.8 Å². The molecule has 0 fully saturated rings. The second kappa shape index (κ2) is 10.2. The van der Waals surface area contributed by atoms with E-state index < -0.39 is 6.10 Å². The van der Waals surface area contributed by atoms with Crippen LogP contribution in [0.15, 0.2) is 48.5 Å². The summed E-state index contributed by atoms with van der Waals surface area (Å²) in [5.74, 6) is 1.93. The molecule has 0 bridgehead atoms. The minimum Gasteiger partial charge on any atom is -0.493 e. The molecule has 0 saturated heterocycles. The number of nitrogens with zero attached hydrogens (tertiary/aromatic N) is 2. The van der Waals surface area contributed by atoms with Crippen molar-refractivity contribution in [2.24, 2.45) is 0 Å². The Bertz CT molecular complexity index is 923. The molecule has 156 valence electrons. The molecule has 6 heteroatoms. The molecule has 3 rings (SSSR count). The van der Waals surface area contributed by atoms with Crippen molar-refractivity contribution in [1.82, 2.24) is 4.57 Å². The molecule has 0 amide bonds. The number of nitrogens with two attached hydrogens (primary N) is 1. The lowest BCUT2D eigenvalue weighted by Crippen LogP contribution is -2.43. The fourth-order valence-corrected chi connectivity index (χ4v) is 3.62. The van der Waals surface area contributed by atoms with Gasteiger partial charge in [0.2, 0.25) is 0 Å². The number of para-hydroxylation sites is 4. The molecular weight excluding hydrogens is 366 g/mol. The van der Waals surface area contributed by atoms with Gasteiger partial charge in [-0.3, -0.25) is 5.73 Å². The second-order valence-electron chi connectivity index (χ2n) is 7.29. The Kier molecular flexibility index (Phi) is 7.36. The molecular formula is C23H32N3O3+. The first kappa shape index (κ1) is 21.0. The van der Waals surface area contributed by atoms with Gasteiger partial charge < -0.3 is 14.6 Å². The quantitative estimate of drug-likeness (QED) is 0.383. The molecule has 0 aliphatic rings. The van der Waals surface area contributed by atoms with Gasteiger partial charge in [0.05, 0.1) is 13.7 Å². The molecule has 0 spiro atoms. The van der Waals surface area contributed by atoms with Crippen molar-refractivity contribution in [2.45, 2.75) is 51.8 Å². The fraction of sp³-hybridized carbons (Fsp3) is 0.435. The number of fused-ring (bicyclic) bond motifs is 1. The Morgan fingerprint density at radius 3 is 2.52 bits per heavy atom. The van der Waals surface area contributed by atoms with E-state index in [1.165, 1.54) is 19.3 Å². The van der Waals surface area contributed by atoms with Crippen LogP contribution in [0.4, 0.5) is 5.95 Å². The SMILES string of the molecule is CCCCCCn1c(N)[n+](C[C@H](O)COc2ccccc2OC)c2ccccc21. The van der Waals surface area contributed by atoms with Crippen molar-refractivity contribution in [3.8, 4) is 11.5 Å². The van der Waals surface area contributed by atoms with E-state index in [0.717, 1.165) is 24.0 Å². The Labute approximate surface area is 172 Å². The number of nitrogen functional groups attached to an aromatic ring is 1. The molecule has 0 aliphatic carbocycles. The van der Waals surface area contributed by atoms with Crippen LogP contribution in [0.3, 0.4) is 0 Å². The first-order chi connectivity index (χ1) is 14.2. The summed E-state index contributed by atoms with van der Waals surface area (Å²) >= 11 is 0. The van der Waals surface area contributed by atoms with E-state index in [2.05, 4.69) is 17.6 Å². The number of unbranched alkanes of at least 4 members (excludes halogenated alkanes) is 3. The van der Waals surface area contributed by atoms with E-state index in [4.69, 9.17) is 15.2 Å². The normalized spacial score (nSPS) is 12.2. The van der Waals surface area contributed by atoms with Crippen LogP contribution in [-0.4, -0.2) is 29.5 Å². The van der Waals surface area contributed by atoms with Gasteiger partial charge in [-0.1, -0.05) is 50.5 Å². The van der Waals surface area contributed by atoms with Gasteiger partial charge in [-0.25, -0.2) is 9.13 Å². The fourth-order valence-electron chi connectivity index (χ4n) is 3.62. The van der Waals surface area contributed by atoms with E-state index in [9.17, 15) is 5.11 Å². The summed E-state index contributed by atoms with van der Waals surface area (Å²) in [4.78, 5) is 0. The Hall–Kier alpha value is -2.73. The molecule has 0 radical (unpaired) electrons. The van der Waals surface area contributed by atoms with Crippen molar-refractivity contribution in [1.29, 1.82) is 0 Å². The van der Waals surface area contributed by atoms with Crippen LogP contribution in [-0.2, 0) is 13.1 Å². The van der Waals surface area contributed by atoms with Gasteiger partial charge >= 0.3 is 5.95 Å². The van der Waals surface area contributed by atoms with Crippen molar-refractivity contribution in [3.63, 3.8) is 0 Å². The highest BCUT2D eigenvalue weighted by Crippen LogP contribution is 2.26. The zero-order chi connectivity index (χ0) is 20.6. The van der Waals surface area contributed by atoms with E-state index in [-0.39, 0.29) is 6.61 Å². The van der Waals surface area contributed by atoms with Crippen molar-refractivity contribution >= 4 is 17.0 Å². The lowest BCUT2D eigenvalue weighted by Gasteiger charge is -2.14.